The lowest BCUT2D eigenvalue weighted by atomic mass is 9.94. The van der Waals surface area contributed by atoms with Crippen LogP contribution in [0.2, 0.25) is 0 Å². The van der Waals surface area contributed by atoms with Gasteiger partial charge in [-0.05, 0) is 49.1 Å². The third-order valence-electron chi connectivity index (χ3n) is 5.65. The number of aliphatic carboxylic acids is 1. The Morgan fingerprint density at radius 1 is 1.33 bits per heavy atom. The zero-order valence-corrected chi connectivity index (χ0v) is 14.0. The number of hydrogen-bond donors (Lipinski definition) is 1. The van der Waals surface area contributed by atoms with Crippen LogP contribution in [0.3, 0.4) is 0 Å². The Bertz CT molecular complexity index is 633. The minimum absolute atomic E-state index is 0.102. The number of carbonyl (C=O) groups is 2. The molecule has 1 aliphatic carbocycles. The van der Waals surface area contributed by atoms with Gasteiger partial charge >= 0.3 is 5.97 Å². The molecule has 1 N–H and O–H groups in total. The molecule has 24 heavy (non-hydrogen) atoms. The van der Waals surface area contributed by atoms with E-state index in [0.717, 1.165) is 19.3 Å². The van der Waals surface area contributed by atoms with E-state index in [1.54, 1.807) is 23.1 Å². The molecule has 2 aliphatic rings. The van der Waals surface area contributed by atoms with E-state index in [1.807, 2.05) is 6.92 Å². The summed E-state index contributed by atoms with van der Waals surface area (Å²) < 4.78 is 13.7. The van der Waals surface area contributed by atoms with Crippen molar-refractivity contribution in [3.63, 3.8) is 0 Å². The maximum atomic E-state index is 13.7. The molecule has 0 aromatic heterocycles. The number of fused-ring (bicyclic) bond motifs is 1. The van der Waals surface area contributed by atoms with Crippen LogP contribution in [0.5, 0.6) is 0 Å². The summed E-state index contributed by atoms with van der Waals surface area (Å²) in [5.74, 6) is -1.12. The first-order valence-electron chi connectivity index (χ1n) is 8.75. The Balaban J connectivity index is 1.64. The number of rotatable bonds is 5. The fraction of sp³-hybridized carbons (Fsp3) is 0.579. The van der Waals surface area contributed by atoms with E-state index in [2.05, 4.69) is 0 Å². The molecule has 4 unspecified atom stereocenters. The molecule has 3 rings (SSSR count). The van der Waals surface area contributed by atoms with Crippen molar-refractivity contribution in [2.45, 2.75) is 45.1 Å². The van der Waals surface area contributed by atoms with Gasteiger partial charge in [-0.3, -0.25) is 4.79 Å². The maximum absolute atomic E-state index is 13.7. The molecule has 1 heterocycles. The zero-order chi connectivity index (χ0) is 17.3. The highest BCUT2D eigenvalue weighted by Gasteiger charge is 2.49. The van der Waals surface area contributed by atoms with E-state index in [-0.39, 0.29) is 23.6 Å². The van der Waals surface area contributed by atoms with Crippen LogP contribution in [0.4, 0.5) is 4.39 Å². The van der Waals surface area contributed by atoms with Gasteiger partial charge in [-0.25, -0.2) is 9.18 Å². The number of benzene rings is 1. The second-order valence-corrected chi connectivity index (χ2v) is 7.16. The van der Waals surface area contributed by atoms with Gasteiger partial charge in [-0.15, -0.1) is 0 Å². The molecular weight excluding hydrogens is 309 g/mol. The van der Waals surface area contributed by atoms with Gasteiger partial charge in [0.1, 0.15) is 11.9 Å². The van der Waals surface area contributed by atoms with Crippen LogP contribution in [-0.2, 0) is 16.0 Å². The number of aryl methyl sites for hydroxylation is 1. The number of amides is 1. The number of carboxylic acid groups (broad SMARTS) is 1. The van der Waals surface area contributed by atoms with Crippen molar-refractivity contribution in [2.24, 2.45) is 17.8 Å². The average Bonchev–Trinajstić information content (AvgIpc) is 3.13. The van der Waals surface area contributed by atoms with Gasteiger partial charge in [0, 0.05) is 12.5 Å². The Morgan fingerprint density at radius 2 is 2.08 bits per heavy atom. The van der Waals surface area contributed by atoms with Crippen LogP contribution in [0.25, 0.3) is 0 Å². The van der Waals surface area contributed by atoms with Crippen LogP contribution in [0, 0.1) is 23.6 Å². The second-order valence-electron chi connectivity index (χ2n) is 7.16. The van der Waals surface area contributed by atoms with Crippen molar-refractivity contribution >= 4 is 11.9 Å². The van der Waals surface area contributed by atoms with Gasteiger partial charge in [-0.1, -0.05) is 31.5 Å². The van der Waals surface area contributed by atoms with Crippen molar-refractivity contribution in [3.8, 4) is 0 Å². The van der Waals surface area contributed by atoms with Gasteiger partial charge < -0.3 is 10.0 Å². The first-order valence-corrected chi connectivity index (χ1v) is 8.75. The predicted molar refractivity (Wildman–Crippen MR) is 87.9 cm³/mol. The molecule has 0 radical (unpaired) electrons. The number of halogens is 1. The average molecular weight is 333 g/mol. The van der Waals surface area contributed by atoms with Crippen molar-refractivity contribution in [2.75, 3.05) is 6.54 Å². The molecule has 4 nitrogen and oxygen atoms in total. The molecule has 0 bridgehead atoms. The van der Waals surface area contributed by atoms with Crippen LogP contribution < -0.4 is 0 Å². The molecular formula is C19H24FNO3. The predicted octanol–water partition coefficient (Wildman–Crippen LogP) is 3.11. The highest BCUT2D eigenvalue weighted by molar-refractivity contribution is 5.86. The highest BCUT2D eigenvalue weighted by Crippen LogP contribution is 2.42. The zero-order valence-electron chi connectivity index (χ0n) is 14.0. The molecule has 4 atom stereocenters. The quantitative estimate of drug-likeness (QED) is 0.901. The van der Waals surface area contributed by atoms with Gasteiger partial charge in [-0.2, -0.15) is 0 Å². The van der Waals surface area contributed by atoms with E-state index >= 15 is 0 Å². The number of nitrogens with zero attached hydrogens (tertiary/aromatic N) is 1. The van der Waals surface area contributed by atoms with E-state index in [0.29, 0.717) is 30.9 Å². The van der Waals surface area contributed by atoms with Crippen LogP contribution in [0.1, 0.15) is 38.2 Å². The molecule has 1 saturated heterocycles. The molecule has 1 aromatic carbocycles. The van der Waals surface area contributed by atoms with Gasteiger partial charge in [0.15, 0.2) is 0 Å². The smallest absolute Gasteiger partial charge is 0.326 e. The molecule has 0 spiro atoms. The third kappa shape index (κ3) is 3.17. The molecule has 5 heteroatoms. The second kappa shape index (κ2) is 6.91. The standard InChI is InChI=1S/C19H24FNO3/c1-12(9-10-13-5-2-3-8-16(13)20)18(22)21-11-14-6-4-7-15(14)17(21)19(23)24/h2-3,5,8,12,14-15,17H,4,6-7,9-11H2,1H3,(H,23,24). The minimum atomic E-state index is -0.890. The monoisotopic (exact) mass is 333 g/mol. The number of hydrogen-bond acceptors (Lipinski definition) is 2. The molecule has 2 fully saturated rings. The lowest BCUT2D eigenvalue weighted by Gasteiger charge is -2.27. The van der Waals surface area contributed by atoms with E-state index < -0.39 is 12.0 Å². The fourth-order valence-electron chi connectivity index (χ4n) is 4.33. The van der Waals surface area contributed by atoms with Gasteiger partial charge in [0.2, 0.25) is 5.91 Å². The lowest BCUT2D eigenvalue weighted by molar-refractivity contribution is -0.151. The van der Waals surface area contributed by atoms with Crippen molar-refractivity contribution < 1.29 is 19.1 Å². The number of carboxylic acids is 1. The Labute approximate surface area is 141 Å². The normalized spacial score (nSPS) is 27.1. The summed E-state index contributed by atoms with van der Waals surface area (Å²) in [4.78, 5) is 26.0. The first-order chi connectivity index (χ1) is 11.5. The van der Waals surface area contributed by atoms with Crippen molar-refractivity contribution in [1.29, 1.82) is 0 Å². The number of carbonyl (C=O) groups excluding carboxylic acids is 1. The minimum Gasteiger partial charge on any atom is -0.480 e. The molecule has 1 saturated carbocycles. The summed E-state index contributed by atoms with van der Waals surface area (Å²) in [5, 5.41) is 9.56. The topological polar surface area (TPSA) is 57.6 Å². The summed E-state index contributed by atoms with van der Waals surface area (Å²) in [7, 11) is 0. The molecule has 1 aromatic rings. The van der Waals surface area contributed by atoms with E-state index in [4.69, 9.17) is 0 Å². The SMILES string of the molecule is CC(CCc1ccccc1F)C(=O)N1CC2CCCC2C1C(=O)O. The third-order valence-corrected chi connectivity index (χ3v) is 5.65. The van der Waals surface area contributed by atoms with Crippen LogP contribution in [-0.4, -0.2) is 34.5 Å². The van der Waals surface area contributed by atoms with E-state index in [1.165, 1.54) is 6.07 Å². The summed E-state index contributed by atoms with van der Waals surface area (Å²) in [5.41, 5.74) is 0.602. The fourth-order valence-corrected chi connectivity index (χ4v) is 4.33. The summed E-state index contributed by atoms with van der Waals surface area (Å²) in [6.07, 6.45) is 3.98. The molecule has 1 aliphatic heterocycles. The van der Waals surface area contributed by atoms with Gasteiger partial charge in [0.25, 0.3) is 0 Å². The highest BCUT2D eigenvalue weighted by atomic mass is 19.1. The lowest BCUT2D eigenvalue weighted by Crippen LogP contribution is -2.45. The van der Waals surface area contributed by atoms with Crippen LogP contribution in [0.15, 0.2) is 24.3 Å². The van der Waals surface area contributed by atoms with Crippen LogP contribution >= 0.6 is 0 Å². The summed E-state index contributed by atoms with van der Waals surface area (Å²) in [6.45, 7) is 2.38. The Morgan fingerprint density at radius 3 is 2.79 bits per heavy atom. The summed E-state index contributed by atoms with van der Waals surface area (Å²) >= 11 is 0. The van der Waals surface area contributed by atoms with Crippen molar-refractivity contribution in [1.82, 2.24) is 4.90 Å². The Kier molecular flexibility index (Phi) is 4.88. The largest absolute Gasteiger partial charge is 0.480 e. The van der Waals surface area contributed by atoms with E-state index in [9.17, 15) is 19.1 Å². The maximum Gasteiger partial charge on any atom is 0.326 e. The molecule has 130 valence electrons. The molecule has 1 amide bonds. The van der Waals surface area contributed by atoms with Gasteiger partial charge in [0.05, 0.1) is 0 Å². The summed E-state index contributed by atoms with van der Waals surface area (Å²) in [6, 6.07) is 5.90. The first kappa shape index (κ1) is 16.9. The van der Waals surface area contributed by atoms with Crippen molar-refractivity contribution in [3.05, 3.63) is 35.6 Å². The Hall–Kier alpha value is -1.91. The number of likely N-dealkylation sites (tertiary alicyclic amines) is 1.